The molecule has 0 amide bonds. The van der Waals surface area contributed by atoms with Gasteiger partial charge < -0.3 is 19.4 Å². The maximum absolute atomic E-state index is 6.14. The van der Waals surface area contributed by atoms with Crippen molar-refractivity contribution in [1.82, 2.24) is 19.7 Å². The molecule has 5 nitrogen and oxygen atoms in total. The number of rotatable bonds is 8. The van der Waals surface area contributed by atoms with Gasteiger partial charge in [0.2, 0.25) is 5.88 Å². The fraction of sp³-hybridized carbons (Fsp3) is 0.800. The van der Waals surface area contributed by atoms with Gasteiger partial charge in [-0.1, -0.05) is 20.8 Å². The molecule has 3 fully saturated rings. The molecule has 168 valence electrons. The normalized spacial score (nSPS) is 27.3. The van der Waals surface area contributed by atoms with Crippen molar-refractivity contribution < 1.29 is 4.74 Å². The zero-order valence-electron chi connectivity index (χ0n) is 19.4. The van der Waals surface area contributed by atoms with Gasteiger partial charge in [0.1, 0.15) is 6.10 Å². The first-order valence-corrected chi connectivity index (χ1v) is 12.4. The van der Waals surface area contributed by atoms with Gasteiger partial charge in [0, 0.05) is 51.5 Å². The summed E-state index contributed by atoms with van der Waals surface area (Å²) in [5, 5.41) is 0. The number of pyridine rings is 1. The van der Waals surface area contributed by atoms with Crippen molar-refractivity contribution in [2.75, 3.05) is 58.9 Å². The highest BCUT2D eigenvalue weighted by atomic mass is 16.5. The van der Waals surface area contributed by atoms with Crippen molar-refractivity contribution in [3.05, 3.63) is 23.9 Å². The minimum absolute atomic E-state index is 0.365. The SMILES string of the molecule is CCN1CCN(CC2CCN(C[C@H]3C[C@H](Oc4cc(C(C)C)ccn4)C3)CC2)CC1. The summed E-state index contributed by atoms with van der Waals surface area (Å²) < 4.78 is 6.14. The Hall–Kier alpha value is -1.17. The highest BCUT2D eigenvalue weighted by molar-refractivity contribution is 5.23. The van der Waals surface area contributed by atoms with E-state index >= 15 is 0 Å². The Balaban J connectivity index is 1.11. The number of piperazine rings is 1. The topological polar surface area (TPSA) is 31.8 Å². The Kier molecular flexibility index (Phi) is 7.66. The maximum atomic E-state index is 6.14. The molecule has 1 aromatic rings. The van der Waals surface area contributed by atoms with E-state index in [0.29, 0.717) is 12.0 Å². The molecule has 2 aliphatic heterocycles. The first-order chi connectivity index (χ1) is 14.6. The van der Waals surface area contributed by atoms with Crippen molar-refractivity contribution in [1.29, 1.82) is 0 Å². The predicted molar refractivity (Wildman–Crippen MR) is 123 cm³/mol. The molecule has 0 spiro atoms. The van der Waals surface area contributed by atoms with Gasteiger partial charge >= 0.3 is 0 Å². The van der Waals surface area contributed by atoms with Gasteiger partial charge in [0.05, 0.1) is 0 Å². The maximum Gasteiger partial charge on any atom is 0.213 e. The monoisotopic (exact) mass is 414 g/mol. The summed E-state index contributed by atoms with van der Waals surface area (Å²) in [5.74, 6) is 3.05. The summed E-state index contributed by atoms with van der Waals surface area (Å²) in [6.45, 7) is 18.2. The molecule has 1 saturated carbocycles. The Morgan fingerprint density at radius 3 is 2.23 bits per heavy atom. The van der Waals surface area contributed by atoms with E-state index in [0.717, 1.165) is 17.7 Å². The number of likely N-dealkylation sites (tertiary alicyclic amines) is 1. The van der Waals surface area contributed by atoms with Gasteiger partial charge in [0.25, 0.3) is 0 Å². The number of hydrogen-bond donors (Lipinski definition) is 0. The highest BCUT2D eigenvalue weighted by Gasteiger charge is 2.33. The molecule has 0 unspecified atom stereocenters. The quantitative estimate of drug-likeness (QED) is 0.647. The lowest BCUT2D eigenvalue weighted by Gasteiger charge is -2.41. The van der Waals surface area contributed by atoms with Crippen molar-refractivity contribution in [2.24, 2.45) is 11.8 Å². The smallest absolute Gasteiger partial charge is 0.213 e. The van der Waals surface area contributed by atoms with Crippen molar-refractivity contribution >= 4 is 0 Å². The van der Waals surface area contributed by atoms with E-state index < -0.39 is 0 Å². The minimum Gasteiger partial charge on any atom is -0.474 e. The van der Waals surface area contributed by atoms with Crippen LogP contribution < -0.4 is 4.74 Å². The van der Waals surface area contributed by atoms with Crippen molar-refractivity contribution in [3.63, 3.8) is 0 Å². The number of piperidine rings is 1. The third-order valence-electron chi connectivity index (χ3n) is 7.56. The van der Waals surface area contributed by atoms with Gasteiger partial charge in [0.15, 0.2) is 0 Å². The average molecular weight is 415 g/mol. The Bertz CT molecular complexity index is 644. The predicted octanol–water partition coefficient (Wildman–Crippen LogP) is 3.71. The lowest BCUT2D eigenvalue weighted by atomic mass is 9.81. The van der Waals surface area contributed by atoms with E-state index in [4.69, 9.17) is 4.74 Å². The van der Waals surface area contributed by atoms with Crippen LogP contribution in [-0.2, 0) is 0 Å². The Morgan fingerprint density at radius 2 is 1.57 bits per heavy atom. The van der Waals surface area contributed by atoms with Gasteiger partial charge in [-0.3, -0.25) is 0 Å². The second-order valence-corrected chi connectivity index (χ2v) is 10.1. The van der Waals surface area contributed by atoms with E-state index in [1.165, 1.54) is 90.1 Å². The summed E-state index contributed by atoms with van der Waals surface area (Å²) >= 11 is 0. The van der Waals surface area contributed by atoms with E-state index in [2.05, 4.69) is 52.6 Å². The zero-order chi connectivity index (χ0) is 20.9. The molecule has 0 N–H and O–H groups in total. The number of nitrogens with zero attached hydrogens (tertiary/aromatic N) is 4. The lowest BCUT2D eigenvalue weighted by Crippen LogP contribution is -2.49. The molecule has 0 bridgehead atoms. The zero-order valence-corrected chi connectivity index (χ0v) is 19.4. The van der Waals surface area contributed by atoms with Crippen LogP contribution in [0.4, 0.5) is 0 Å². The van der Waals surface area contributed by atoms with Crippen LogP contribution in [0.5, 0.6) is 5.88 Å². The van der Waals surface area contributed by atoms with Gasteiger partial charge in [-0.05, 0) is 74.7 Å². The molecule has 0 radical (unpaired) electrons. The first-order valence-electron chi connectivity index (χ1n) is 12.4. The largest absolute Gasteiger partial charge is 0.474 e. The van der Waals surface area contributed by atoms with E-state index in [1.54, 1.807) is 0 Å². The van der Waals surface area contributed by atoms with Crippen LogP contribution in [0.2, 0.25) is 0 Å². The van der Waals surface area contributed by atoms with E-state index in [9.17, 15) is 0 Å². The minimum atomic E-state index is 0.365. The van der Waals surface area contributed by atoms with Crippen LogP contribution >= 0.6 is 0 Å². The molecule has 3 heterocycles. The van der Waals surface area contributed by atoms with Gasteiger partial charge in [-0.2, -0.15) is 0 Å². The van der Waals surface area contributed by atoms with Gasteiger partial charge in [-0.25, -0.2) is 4.98 Å². The number of ether oxygens (including phenoxy) is 1. The molecular formula is C25H42N4O. The third kappa shape index (κ3) is 5.95. The third-order valence-corrected chi connectivity index (χ3v) is 7.56. The van der Waals surface area contributed by atoms with E-state index in [-0.39, 0.29) is 0 Å². The molecule has 2 saturated heterocycles. The highest BCUT2D eigenvalue weighted by Crippen LogP contribution is 2.33. The van der Waals surface area contributed by atoms with Crippen LogP contribution in [0.3, 0.4) is 0 Å². The second kappa shape index (κ2) is 10.4. The standard InChI is InChI=1S/C25H42N4O/c1-4-27-11-13-29(14-12-27)18-21-6-9-28(10-7-21)19-22-15-24(16-22)30-25-17-23(20(2)3)5-8-26-25/h5,8,17,20-22,24H,4,6-7,9-16,18-19H2,1-3H3/t22-,24-. The van der Waals surface area contributed by atoms with Crippen LogP contribution in [-0.4, -0.2) is 84.7 Å². The lowest BCUT2D eigenvalue weighted by molar-refractivity contribution is 0.0292. The van der Waals surface area contributed by atoms with E-state index in [1.807, 2.05) is 6.20 Å². The summed E-state index contributed by atoms with van der Waals surface area (Å²) in [7, 11) is 0. The van der Waals surface area contributed by atoms with Crippen LogP contribution in [0.15, 0.2) is 18.3 Å². The van der Waals surface area contributed by atoms with Crippen LogP contribution in [0.25, 0.3) is 0 Å². The molecule has 1 aromatic heterocycles. The number of hydrogen-bond acceptors (Lipinski definition) is 5. The van der Waals surface area contributed by atoms with Crippen LogP contribution in [0.1, 0.15) is 57.9 Å². The summed E-state index contributed by atoms with van der Waals surface area (Å²) in [6, 6.07) is 4.21. The average Bonchev–Trinajstić information content (AvgIpc) is 2.74. The first kappa shape index (κ1) is 22.0. The summed E-state index contributed by atoms with van der Waals surface area (Å²) in [4.78, 5) is 12.4. The molecule has 5 heteroatoms. The van der Waals surface area contributed by atoms with Crippen molar-refractivity contribution in [3.8, 4) is 5.88 Å². The Morgan fingerprint density at radius 1 is 0.933 bits per heavy atom. The molecule has 0 atom stereocenters. The Labute approximate surface area is 183 Å². The number of likely N-dealkylation sites (N-methyl/N-ethyl adjacent to an activating group) is 1. The van der Waals surface area contributed by atoms with Crippen LogP contribution in [0, 0.1) is 11.8 Å². The molecule has 0 aromatic carbocycles. The molecule has 30 heavy (non-hydrogen) atoms. The fourth-order valence-electron chi connectivity index (χ4n) is 5.31. The molecular weight excluding hydrogens is 372 g/mol. The van der Waals surface area contributed by atoms with Gasteiger partial charge in [-0.15, -0.1) is 0 Å². The second-order valence-electron chi connectivity index (χ2n) is 10.1. The van der Waals surface area contributed by atoms with Crippen molar-refractivity contribution in [2.45, 2.75) is 58.5 Å². The molecule has 4 rings (SSSR count). The molecule has 1 aliphatic carbocycles. The summed E-state index contributed by atoms with van der Waals surface area (Å²) in [6.07, 6.45) is 7.39. The summed E-state index contributed by atoms with van der Waals surface area (Å²) in [5.41, 5.74) is 1.31. The fourth-order valence-corrected chi connectivity index (χ4v) is 5.31. The molecule has 3 aliphatic rings. The number of aromatic nitrogens is 1.